The summed E-state index contributed by atoms with van der Waals surface area (Å²) in [6, 6.07) is 12.8. The second-order valence-corrected chi connectivity index (χ2v) is 12.6. The van der Waals surface area contributed by atoms with E-state index in [-0.39, 0.29) is 6.04 Å². The summed E-state index contributed by atoms with van der Waals surface area (Å²) in [5.74, 6) is 1.08. The standard InChI is InChI=1S/C30H39BClFN2O5/c1-28(2,3)38-27(36)34-19-21-12-11-17-35(21)26-20(18-24(33)31-39-29(4,5)30(6,7)40-31)15-16-23(25(26)32)37-22-13-9-8-10-14-22/h8-10,13-16,18,21H,11-12,17,19H2,1-7H3,(H,34,36)/b24-18-/t21-/m1/s1. The minimum absolute atomic E-state index is 0.0796. The number of nitrogens with zero attached hydrogens (tertiary/aromatic N) is 1. The highest BCUT2D eigenvalue weighted by molar-refractivity contribution is 6.54. The van der Waals surface area contributed by atoms with Gasteiger partial charge in [-0.25, -0.2) is 9.18 Å². The predicted molar refractivity (Wildman–Crippen MR) is 158 cm³/mol. The maximum atomic E-state index is 15.7. The van der Waals surface area contributed by atoms with E-state index in [1.54, 1.807) is 12.1 Å². The Labute approximate surface area is 242 Å². The molecule has 7 nitrogen and oxygen atoms in total. The monoisotopic (exact) mass is 572 g/mol. The number of nitrogens with one attached hydrogen (secondary N) is 1. The minimum atomic E-state index is -1.14. The maximum Gasteiger partial charge on any atom is 0.525 e. The van der Waals surface area contributed by atoms with Gasteiger partial charge in [-0.2, -0.15) is 0 Å². The van der Waals surface area contributed by atoms with Crippen molar-refractivity contribution in [3.63, 3.8) is 0 Å². The van der Waals surface area contributed by atoms with Crippen LogP contribution in [0, 0.1) is 0 Å². The lowest BCUT2D eigenvalue weighted by atomic mass is 9.86. The van der Waals surface area contributed by atoms with Crippen LogP contribution in [-0.2, 0) is 14.0 Å². The lowest BCUT2D eigenvalue weighted by molar-refractivity contribution is 0.00578. The number of alkyl carbamates (subject to hydrolysis) is 1. The summed E-state index contributed by atoms with van der Waals surface area (Å²) in [6.07, 6.45) is 2.62. The Hall–Kier alpha value is -2.75. The van der Waals surface area contributed by atoms with Gasteiger partial charge in [0.25, 0.3) is 0 Å². The average molecular weight is 573 g/mol. The van der Waals surface area contributed by atoms with Gasteiger partial charge in [0, 0.05) is 24.7 Å². The second kappa shape index (κ2) is 11.6. The van der Waals surface area contributed by atoms with Crippen molar-refractivity contribution in [3.8, 4) is 11.5 Å². The Morgan fingerprint density at radius 1 is 1.15 bits per heavy atom. The number of carbonyl (C=O) groups excluding carboxylic acids is 1. The Kier molecular flexibility index (Phi) is 8.78. The summed E-state index contributed by atoms with van der Waals surface area (Å²) >= 11 is 7.00. The molecule has 0 unspecified atom stereocenters. The van der Waals surface area contributed by atoms with Gasteiger partial charge in [-0.1, -0.05) is 29.8 Å². The number of amides is 1. The molecule has 2 aromatic carbocycles. The van der Waals surface area contributed by atoms with Crippen LogP contribution in [0.25, 0.3) is 6.08 Å². The average Bonchev–Trinajstić information content (AvgIpc) is 3.40. The molecule has 0 saturated carbocycles. The predicted octanol–water partition coefficient (Wildman–Crippen LogP) is 7.57. The highest BCUT2D eigenvalue weighted by atomic mass is 35.5. The summed E-state index contributed by atoms with van der Waals surface area (Å²) in [5.41, 5.74) is -1.34. The molecule has 216 valence electrons. The first kappa shape index (κ1) is 30.2. The van der Waals surface area contributed by atoms with E-state index in [1.807, 2.05) is 78.8 Å². The molecule has 0 bridgehead atoms. The molecule has 4 rings (SSSR count). The summed E-state index contributed by atoms with van der Waals surface area (Å²) in [5, 5.41) is 3.22. The van der Waals surface area contributed by atoms with Crippen LogP contribution in [0.5, 0.6) is 11.5 Å². The molecule has 2 aromatic rings. The molecule has 2 heterocycles. The van der Waals surface area contributed by atoms with E-state index in [1.165, 1.54) is 6.08 Å². The summed E-state index contributed by atoms with van der Waals surface area (Å²) in [4.78, 5) is 14.5. The molecule has 40 heavy (non-hydrogen) atoms. The summed E-state index contributed by atoms with van der Waals surface area (Å²) in [6.45, 7) is 14.0. The van der Waals surface area contributed by atoms with Crippen LogP contribution in [0.2, 0.25) is 5.02 Å². The Balaban J connectivity index is 1.67. The summed E-state index contributed by atoms with van der Waals surface area (Å²) < 4.78 is 39.0. The first-order valence-electron chi connectivity index (χ1n) is 13.7. The molecule has 0 spiro atoms. The molecule has 1 N–H and O–H groups in total. The van der Waals surface area contributed by atoms with Crippen LogP contribution in [0.1, 0.15) is 66.9 Å². The van der Waals surface area contributed by atoms with E-state index in [0.717, 1.165) is 12.8 Å². The summed E-state index contributed by atoms with van der Waals surface area (Å²) in [7, 11) is -1.14. The van der Waals surface area contributed by atoms with Gasteiger partial charge in [0.05, 0.1) is 16.9 Å². The van der Waals surface area contributed by atoms with E-state index < -0.39 is 35.7 Å². The van der Waals surface area contributed by atoms with Gasteiger partial charge >= 0.3 is 13.2 Å². The first-order valence-corrected chi connectivity index (χ1v) is 14.1. The number of anilines is 1. The number of ether oxygens (including phenoxy) is 2. The van der Waals surface area contributed by atoms with Crippen molar-refractivity contribution < 1.29 is 28.0 Å². The van der Waals surface area contributed by atoms with Crippen molar-refractivity contribution in [1.29, 1.82) is 0 Å². The molecule has 0 aromatic heterocycles. The molecular weight excluding hydrogens is 534 g/mol. The fraction of sp³-hybridized carbons (Fsp3) is 0.500. The molecule has 0 radical (unpaired) electrons. The van der Waals surface area contributed by atoms with E-state index in [2.05, 4.69) is 10.2 Å². The molecule has 0 aliphatic carbocycles. The molecule has 2 aliphatic heterocycles. The lowest BCUT2D eigenvalue weighted by Crippen LogP contribution is -2.42. The van der Waals surface area contributed by atoms with E-state index in [4.69, 9.17) is 30.4 Å². The van der Waals surface area contributed by atoms with Crippen LogP contribution >= 0.6 is 11.6 Å². The van der Waals surface area contributed by atoms with E-state index in [9.17, 15) is 4.79 Å². The third kappa shape index (κ3) is 6.93. The van der Waals surface area contributed by atoms with Gasteiger partial charge < -0.3 is 29.0 Å². The van der Waals surface area contributed by atoms with Gasteiger partial charge in [-0.15, -0.1) is 0 Å². The maximum absolute atomic E-state index is 15.7. The molecule has 2 aliphatic rings. The van der Waals surface area contributed by atoms with Gasteiger partial charge in [-0.3, -0.25) is 0 Å². The topological polar surface area (TPSA) is 69.3 Å². The number of carbonyl (C=O) groups is 1. The van der Waals surface area contributed by atoms with Crippen LogP contribution in [-0.4, -0.2) is 49.1 Å². The number of para-hydroxylation sites is 1. The molecule has 1 amide bonds. The van der Waals surface area contributed by atoms with Crippen molar-refractivity contribution >= 4 is 36.6 Å². The molecule has 2 saturated heterocycles. The van der Waals surface area contributed by atoms with Crippen LogP contribution < -0.4 is 15.0 Å². The number of benzene rings is 2. The molecule has 1 atom stereocenters. The zero-order chi connectivity index (χ0) is 29.3. The van der Waals surface area contributed by atoms with Crippen molar-refractivity contribution in [3.05, 3.63) is 58.8 Å². The van der Waals surface area contributed by atoms with Crippen molar-refractivity contribution in [1.82, 2.24) is 5.32 Å². The van der Waals surface area contributed by atoms with Crippen molar-refractivity contribution in [2.75, 3.05) is 18.0 Å². The van der Waals surface area contributed by atoms with Gasteiger partial charge in [0.1, 0.15) is 27.8 Å². The number of hydrogen-bond donors (Lipinski definition) is 1. The smallest absolute Gasteiger partial charge is 0.456 e. The Morgan fingerprint density at radius 2 is 1.80 bits per heavy atom. The molecular formula is C30H39BClFN2O5. The number of halogens is 2. The third-order valence-electron chi connectivity index (χ3n) is 7.40. The molecule has 2 fully saturated rings. The SMILES string of the molecule is CC(C)(C)OC(=O)NC[C@H]1CCCN1c1c(/C=C(\F)B2OC(C)(C)C(C)(C)O2)ccc(Oc2ccccc2)c1Cl. The van der Waals surface area contributed by atoms with E-state index >= 15 is 4.39 Å². The lowest BCUT2D eigenvalue weighted by Gasteiger charge is -2.32. The highest BCUT2D eigenvalue weighted by Crippen LogP contribution is 2.44. The number of rotatable bonds is 7. The Morgan fingerprint density at radius 3 is 2.42 bits per heavy atom. The Bertz CT molecular complexity index is 1230. The second-order valence-electron chi connectivity index (χ2n) is 12.2. The van der Waals surface area contributed by atoms with Gasteiger partial charge in [0.15, 0.2) is 0 Å². The molecule has 10 heteroatoms. The largest absolute Gasteiger partial charge is 0.525 e. The van der Waals surface area contributed by atoms with Gasteiger partial charge in [-0.05, 0) is 91.6 Å². The zero-order valence-corrected chi connectivity index (χ0v) is 25.1. The van der Waals surface area contributed by atoms with Crippen LogP contribution in [0.4, 0.5) is 14.9 Å². The first-order chi connectivity index (χ1) is 18.7. The van der Waals surface area contributed by atoms with Crippen molar-refractivity contribution in [2.45, 2.75) is 84.2 Å². The van der Waals surface area contributed by atoms with Crippen LogP contribution in [0.3, 0.4) is 0 Å². The normalized spacial score (nSPS) is 20.5. The van der Waals surface area contributed by atoms with E-state index in [0.29, 0.717) is 40.9 Å². The number of hydrogen-bond acceptors (Lipinski definition) is 6. The fourth-order valence-electron chi connectivity index (χ4n) is 4.69. The third-order valence-corrected chi connectivity index (χ3v) is 7.77. The minimum Gasteiger partial charge on any atom is -0.456 e. The van der Waals surface area contributed by atoms with Crippen LogP contribution in [0.15, 0.2) is 48.2 Å². The quantitative estimate of drug-likeness (QED) is 0.345. The highest BCUT2D eigenvalue weighted by Gasteiger charge is 2.53. The fourth-order valence-corrected chi connectivity index (χ4v) is 5.01. The van der Waals surface area contributed by atoms with Crippen molar-refractivity contribution in [2.24, 2.45) is 0 Å². The zero-order valence-electron chi connectivity index (χ0n) is 24.3. The van der Waals surface area contributed by atoms with Gasteiger partial charge in [0.2, 0.25) is 0 Å².